The van der Waals surface area contributed by atoms with Crippen LogP contribution in [0.2, 0.25) is 0 Å². The Bertz CT molecular complexity index is 1020. The summed E-state index contributed by atoms with van der Waals surface area (Å²) >= 11 is 0. The first kappa shape index (κ1) is 21.9. The third-order valence-corrected chi connectivity index (χ3v) is 10.1. The maximum absolute atomic E-state index is 5.66. The summed E-state index contributed by atoms with van der Waals surface area (Å²) in [5.74, 6) is 1.96. The van der Waals surface area contributed by atoms with Gasteiger partial charge < -0.3 is 14.2 Å². The lowest BCUT2D eigenvalue weighted by atomic mass is 10.2. The molecule has 4 aromatic rings. The molecule has 0 spiro atoms. The molecule has 1 radical (unpaired) electrons. The number of methoxy groups -OCH3 is 3. The normalized spacial score (nSPS) is 11.1. The average Bonchev–Trinajstić information content (AvgIpc) is 2.88. The summed E-state index contributed by atoms with van der Waals surface area (Å²) in [5.41, 5.74) is 1.14. The van der Waals surface area contributed by atoms with Crippen LogP contribution in [0, 0.1) is 0 Å². The van der Waals surface area contributed by atoms with Crippen molar-refractivity contribution in [2.24, 2.45) is 0 Å². The van der Waals surface area contributed by atoms with Crippen molar-refractivity contribution in [1.82, 2.24) is 0 Å². The maximum Gasteiger partial charge on any atom is 0.203 e. The van der Waals surface area contributed by atoms with E-state index in [1.54, 1.807) is 21.3 Å². The Morgan fingerprint density at radius 3 is 1.22 bits per heavy atom. The van der Waals surface area contributed by atoms with Gasteiger partial charge in [0.1, 0.15) is 0 Å². The minimum Gasteiger partial charge on any atom is -0.493 e. The Morgan fingerprint density at radius 1 is 0.531 bits per heavy atom. The van der Waals surface area contributed by atoms with Crippen LogP contribution in [0.5, 0.6) is 17.2 Å². The highest BCUT2D eigenvalue weighted by Crippen LogP contribution is 2.59. The first-order valence-corrected chi connectivity index (χ1v) is 12.5. The Kier molecular flexibility index (Phi) is 6.78. The molecular formula is C28H28O3P. The fourth-order valence-corrected chi connectivity index (χ4v) is 8.48. The molecule has 4 aromatic carbocycles. The van der Waals surface area contributed by atoms with Crippen molar-refractivity contribution in [3.8, 4) is 17.2 Å². The van der Waals surface area contributed by atoms with Gasteiger partial charge in [0.2, 0.25) is 5.75 Å². The lowest BCUT2D eigenvalue weighted by Gasteiger charge is -2.38. The summed E-state index contributed by atoms with van der Waals surface area (Å²) in [6.45, 7) is 0. The second-order valence-electron chi connectivity index (χ2n) is 7.51. The molecule has 4 rings (SSSR count). The Morgan fingerprint density at radius 2 is 0.906 bits per heavy atom. The van der Waals surface area contributed by atoms with Crippen LogP contribution in [0.15, 0.2) is 103 Å². The van der Waals surface area contributed by atoms with E-state index in [1.807, 2.05) is 0 Å². The molecule has 0 atom stereocenters. The van der Waals surface area contributed by atoms with E-state index in [0.717, 1.165) is 11.7 Å². The molecule has 0 fully saturated rings. The molecule has 4 heteroatoms. The van der Waals surface area contributed by atoms with Crippen molar-refractivity contribution < 1.29 is 14.2 Å². The second kappa shape index (κ2) is 9.89. The predicted molar refractivity (Wildman–Crippen MR) is 135 cm³/mol. The molecule has 0 aliphatic carbocycles. The quantitative estimate of drug-likeness (QED) is 0.350. The van der Waals surface area contributed by atoms with Crippen LogP contribution in [0.1, 0.15) is 5.56 Å². The standard InChI is InChI=1S/C28H28O3P/c1-29-26-19-22(20-27(30-2)28(26)31-3)21-32(23-13-7-4-8-14-23,24-15-9-5-10-16-24)25-17-11-6-12-18-25/h4-20H,21H2,1-3H3. The molecule has 0 aliphatic heterocycles. The number of benzene rings is 4. The number of hydrogen-bond donors (Lipinski definition) is 0. The van der Waals surface area contributed by atoms with Gasteiger partial charge in [0.15, 0.2) is 11.5 Å². The minimum absolute atomic E-state index is 0.613. The van der Waals surface area contributed by atoms with E-state index in [0.29, 0.717) is 17.2 Å². The van der Waals surface area contributed by atoms with Crippen LogP contribution < -0.4 is 30.1 Å². The molecule has 3 nitrogen and oxygen atoms in total. The van der Waals surface area contributed by atoms with Crippen molar-refractivity contribution >= 4 is 23.2 Å². The smallest absolute Gasteiger partial charge is 0.203 e. The van der Waals surface area contributed by atoms with E-state index in [9.17, 15) is 0 Å². The Labute approximate surface area is 190 Å². The topological polar surface area (TPSA) is 27.7 Å². The van der Waals surface area contributed by atoms with Crippen molar-refractivity contribution in [3.05, 3.63) is 109 Å². The van der Waals surface area contributed by atoms with Crippen LogP contribution in [-0.2, 0) is 6.16 Å². The molecule has 32 heavy (non-hydrogen) atoms. The number of rotatable bonds is 8. The van der Waals surface area contributed by atoms with Crippen molar-refractivity contribution in [3.63, 3.8) is 0 Å². The SMILES string of the molecule is COc1cc(C[P](c2ccccc2)(c2ccccc2)c2ccccc2)cc(OC)c1OC. The second-order valence-corrected chi connectivity index (χ2v) is 11.0. The van der Waals surface area contributed by atoms with Gasteiger partial charge >= 0.3 is 0 Å². The first-order valence-electron chi connectivity index (χ1n) is 10.6. The highest BCUT2D eigenvalue weighted by molar-refractivity contribution is 7.95. The van der Waals surface area contributed by atoms with Crippen molar-refractivity contribution in [2.75, 3.05) is 21.3 Å². The molecular weight excluding hydrogens is 415 g/mol. The van der Waals surface area contributed by atoms with Gasteiger partial charge in [-0.3, -0.25) is 0 Å². The zero-order valence-corrected chi connectivity index (χ0v) is 19.6. The fourth-order valence-electron chi connectivity index (χ4n) is 4.27. The largest absolute Gasteiger partial charge is 0.493 e. The van der Waals surface area contributed by atoms with Crippen LogP contribution in [0.25, 0.3) is 0 Å². The number of hydrogen-bond acceptors (Lipinski definition) is 3. The zero-order chi connectivity index (χ0) is 22.4. The van der Waals surface area contributed by atoms with E-state index in [-0.39, 0.29) is 0 Å². The van der Waals surface area contributed by atoms with Gasteiger partial charge in [-0.2, -0.15) is 0 Å². The Hall–Kier alpha value is -3.29. The number of ether oxygens (including phenoxy) is 3. The van der Waals surface area contributed by atoms with Crippen LogP contribution >= 0.6 is 7.26 Å². The van der Waals surface area contributed by atoms with Crippen molar-refractivity contribution in [1.29, 1.82) is 0 Å². The summed E-state index contributed by atoms with van der Waals surface area (Å²) in [6, 6.07) is 36.7. The van der Waals surface area contributed by atoms with Gasteiger partial charge in [0.05, 0.1) is 21.3 Å². The highest BCUT2D eigenvalue weighted by Gasteiger charge is 2.34. The summed E-state index contributed by atoms with van der Waals surface area (Å²) in [5, 5.41) is 4.02. The Balaban J connectivity index is 1.99. The molecule has 163 valence electrons. The van der Waals surface area contributed by atoms with Gasteiger partial charge in [0.25, 0.3) is 0 Å². The highest BCUT2D eigenvalue weighted by atomic mass is 31.2. The predicted octanol–water partition coefficient (Wildman–Crippen LogP) is 5.21. The van der Waals surface area contributed by atoms with Gasteiger partial charge in [-0.05, 0) is 40.9 Å². The van der Waals surface area contributed by atoms with Gasteiger partial charge in [-0.15, -0.1) is 0 Å². The zero-order valence-electron chi connectivity index (χ0n) is 18.7. The molecule has 0 N–H and O–H groups in total. The van der Waals surface area contributed by atoms with E-state index in [1.165, 1.54) is 15.9 Å². The molecule has 0 bridgehead atoms. The van der Waals surface area contributed by atoms with Gasteiger partial charge in [-0.1, -0.05) is 91.0 Å². The lowest BCUT2D eigenvalue weighted by molar-refractivity contribution is 0.324. The summed E-state index contributed by atoms with van der Waals surface area (Å²) in [7, 11) is 2.95. The average molecular weight is 444 g/mol. The molecule has 0 amide bonds. The summed E-state index contributed by atoms with van der Waals surface area (Å²) < 4.78 is 16.9. The molecule has 0 saturated carbocycles. The monoisotopic (exact) mass is 443 g/mol. The fraction of sp³-hybridized carbons (Fsp3) is 0.143. The summed E-state index contributed by atoms with van der Waals surface area (Å²) in [6.07, 6.45) is 0.835. The van der Waals surface area contributed by atoms with Crippen molar-refractivity contribution in [2.45, 2.75) is 6.16 Å². The molecule has 0 unspecified atom stereocenters. The third-order valence-electron chi connectivity index (χ3n) is 5.74. The molecule has 0 heterocycles. The summed E-state index contributed by atoms with van der Waals surface area (Å²) in [4.78, 5) is 0. The molecule has 0 saturated heterocycles. The van der Waals surface area contributed by atoms with Gasteiger partial charge in [-0.25, -0.2) is 0 Å². The van der Waals surface area contributed by atoms with Crippen LogP contribution in [0.4, 0.5) is 0 Å². The van der Waals surface area contributed by atoms with E-state index in [4.69, 9.17) is 14.2 Å². The van der Waals surface area contributed by atoms with Gasteiger partial charge in [0, 0.05) is 6.16 Å². The van der Waals surface area contributed by atoms with Crippen LogP contribution in [-0.4, -0.2) is 21.3 Å². The minimum atomic E-state index is -2.01. The lowest BCUT2D eigenvalue weighted by Crippen LogP contribution is -2.32. The first-order chi connectivity index (χ1) is 15.7. The van der Waals surface area contributed by atoms with E-state index in [2.05, 4.69) is 103 Å². The molecule has 0 aromatic heterocycles. The molecule has 0 aliphatic rings. The maximum atomic E-state index is 5.66. The third kappa shape index (κ3) is 4.09. The van der Waals surface area contributed by atoms with E-state index >= 15 is 0 Å². The van der Waals surface area contributed by atoms with Crippen LogP contribution in [0.3, 0.4) is 0 Å². The van der Waals surface area contributed by atoms with E-state index < -0.39 is 7.26 Å².